The van der Waals surface area contributed by atoms with Crippen molar-refractivity contribution in [3.05, 3.63) is 48.5 Å². The number of hydrogen-bond donors (Lipinski definition) is 1. The Balaban J connectivity index is 1.41. The zero-order valence-corrected chi connectivity index (χ0v) is 13.4. The third-order valence-electron chi connectivity index (χ3n) is 4.18. The van der Waals surface area contributed by atoms with Crippen LogP contribution in [0.4, 0.5) is 0 Å². The number of ether oxygens (including phenoxy) is 2. The number of H-pyrrole nitrogens is 1. The summed E-state index contributed by atoms with van der Waals surface area (Å²) in [5.74, 6) is 2.17. The van der Waals surface area contributed by atoms with Crippen molar-refractivity contribution < 1.29 is 9.47 Å². The predicted octanol–water partition coefficient (Wildman–Crippen LogP) is 2.62. The van der Waals surface area contributed by atoms with Gasteiger partial charge in [-0.05, 0) is 24.3 Å². The smallest absolute Gasteiger partial charge is 0.222 e. The van der Waals surface area contributed by atoms with Gasteiger partial charge in [0.1, 0.15) is 11.6 Å². The molecule has 3 heterocycles. The second-order valence-electron chi connectivity index (χ2n) is 5.84. The molecule has 24 heavy (non-hydrogen) atoms. The molecule has 0 aliphatic carbocycles. The predicted molar refractivity (Wildman–Crippen MR) is 91.4 cm³/mol. The summed E-state index contributed by atoms with van der Waals surface area (Å²) in [4.78, 5) is 14.4. The van der Waals surface area contributed by atoms with Gasteiger partial charge in [-0.25, -0.2) is 4.98 Å². The monoisotopic (exact) mass is 324 g/mol. The fourth-order valence-corrected chi connectivity index (χ4v) is 2.86. The Labute approximate surface area is 140 Å². The highest BCUT2D eigenvalue weighted by molar-refractivity contribution is 5.80. The number of rotatable bonds is 5. The first-order valence-corrected chi connectivity index (χ1v) is 8.24. The fourth-order valence-electron chi connectivity index (χ4n) is 2.86. The zero-order valence-electron chi connectivity index (χ0n) is 13.4. The van der Waals surface area contributed by atoms with Crippen molar-refractivity contribution in [2.24, 2.45) is 0 Å². The lowest BCUT2D eigenvalue weighted by Gasteiger charge is -2.26. The van der Waals surface area contributed by atoms with E-state index in [9.17, 15) is 0 Å². The van der Waals surface area contributed by atoms with Gasteiger partial charge in [-0.3, -0.25) is 4.90 Å². The molecular formula is C18H20N4O2. The molecule has 0 saturated carbocycles. The molecule has 1 aromatic carbocycles. The first kappa shape index (κ1) is 15.1. The average molecular weight is 324 g/mol. The highest BCUT2D eigenvalue weighted by Gasteiger charge is 2.11. The number of aromatic amines is 1. The molecule has 0 atom stereocenters. The van der Waals surface area contributed by atoms with Crippen LogP contribution in [0.25, 0.3) is 10.9 Å². The Morgan fingerprint density at radius 2 is 2.08 bits per heavy atom. The molecule has 1 saturated heterocycles. The molecule has 2 aromatic heterocycles. The normalized spacial score (nSPS) is 15.7. The van der Waals surface area contributed by atoms with Crippen molar-refractivity contribution in [2.45, 2.75) is 6.42 Å². The molecule has 0 radical (unpaired) electrons. The Morgan fingerprint density at radius 1 is 1.17 bits per heavy atom. The van der Waals surface area contributed by atoms with Gasteiger partial charge in [0.05, 0.1) is 13.2 Å². The maximum atomic E-state index is 5.89. The van der Waals surface area contributed by atoms with Gasteiger partial charge in [0.15, 0.2) is 0 Å². The molecule has 0 spiro atoms. The maximum Gasteiger partial charge on any atom is 0.222 e. The Morgan fingerprint density at radius 3 is 3.00 bits per heavy atom. The van der Waals surface area contributed by atoms with E-state index in [4.69, 9.17) is 9.47 Å². The van der Waals surface area contributed by atoms with Crippen LogP contribution < -0.4 is 4.74 Å². The Hall–Kier alpha value is -2.44. The standard InChI is InChI=1S/C18H20N4O2/c1-2-16-14(3-6-19-16)13-15(1)24-18-4-7-20-17(21-18)5-8-22-9-11-23-12-10-22/h1-4,6-7,13,19H,5,8-12H2. The summed E-state index contributed by atoms with van der Waals surface area (Å²) in [6, 6.07) is 9.76. The van der Waals surface area contributed by atoms with E-state index in [1.165, 1.54) is 0 Å². The third kappa shape index (κ3) is 3.55. The van der Waals surface area contributed by atoms with Gasteiger partial charge in [-0.1, -0.05) is 0 Å². The molecule has 1 aliphatic heterocycles. The number of aromatic nitrogens is 3. The third-order valence-corrected chi connectivity index (χ3v) is 4.18. The molecule has 4 rings (SSSR count). The lowest BCUT2D eigenvalue weighted by molar-refractivity contribution is 0.0382. The first-order chi connectivity index (χ1) is 11.9. The second kappa shape index (κ2) is 6.98. The molecule has 0 bridgehead atoms. The van der Waals surface area contributed by atoms with Crippen molar-refractivity contribution in [3.8, 4) is 11.6 Å². The van der Waals surface area contributed by atoms with Crippen LogP contribution in [0.2, 0.25) is 0 Å². The Kier molecular flexibility index (Phi) is 4.40. The van der Waals surface area contributed by atoms with Gasteiger partial charge in [0.2, 0.25) is 5.88 Å². The topological polar surface area (TPSA) is 63.3 Å². The van der Waals surface area contributed by atoms with Crippen molar-refractivity contribution >= 4 is 10.9 Å². The summed E-state index contributed by atoms with van der Waals surface area (Å²) in [6.07, 6.45) is 4.49. The number of fused-ring (bicyclic) bond motifs is 1. The minimum absolute atomic E-state index is 0.580. The molecule has 0 unspecified atom stereocenters. The van der Waals surface area contributed by atoms with Crippen molar-refractivity contribution in [3.63, 3.8) is 0 Å². The van der Waals surface area contributed by atoms with Crippen molar-refractivity contribution in [1.29, 1.82) is 0 Å². The number of morpholine rings is 1. The molecule has 0 amide bonds. The van der Waals surface area contributed by atoms with E-state index in [1.54, 1.807) is 12.3 Å². The van der Waals surface area contributed by atoms with E-state index in [2.05, 4.69) is 19.9 Å². The minimum Gasteiger partial charge on any atom is -0.439 e. The summed E-state index contributed by atoms with van der Waals surface area (Å²) in [5.41, 5.74) is 1.09. The molecule has 124 valence electrons. The summed E-state index contributed by atoms with van der Waals surface area (Å²) in [7, 11) is 0. The first-order valence-electron chi connectivity index (χ1n) is 8.24. The van der Waals surface area contributed by atoms with Crippen LogP contribution in [-0.4, -0.2) is 52.7 Å². The van der Waals surface area contributed by atoms with Crippen molar-refractivity contribution in [1.82, 2.24) is 19.9 Å². The van der Waals surface area contributed by atoms with Crippen molar-refractivity contribution in [2.75, 3.05) is 32.8 Å². The molecule has 1 fully saturated rings. The number of benzene rings is 1. The minimum atomic E-state index is 0.580. The zero-order chi connectivity index (χ0) is 16.2. The van der Waals surface area contributed by atoms with Crippen LogP contribution >= 0.6 is 0 Å². The van der Waals surface area contributed by atoms with Gasteiger partial charge < -0.3 is 14.5 Å². The van der Waals surface area contributed by atoms with E-state index < -0.39 is 0 Å². The van der Waals surface area contributed by atoms with E-state index in [0.717, 1.165) is 61.7 Å². The van der Waals surface area contributed by atoms with Gasteiger partial charge >= 0.3 is 0 Å². The van der Waals surface area contributed by atoms with Crippen LogP contribution in [0.15, 0.2) is 42.7 Å². The highest BCUT2D eigenvalue weighted by Crippen LogP contribution is 2.23. The summed E-state index contributed by atoms with van der Waals surface area (Å²) < 4.78 is 11.3. The van der Waals surface area contributed by atoms with Crippen LogP contribution in [0, 0.1) is 0 Å². The molecule has 1 N–H and O–H groups in total. The van der Waals surface area contributed by atoms with E-state index in [1.807, 2.05) is 30.5 Å². The van der Waals surface area contributed by atoms with E-state index in [0.29, 0.717) is 5.88 Å². The number of nitrogens with one attached hydrogen (secondary N) is 1. The van der Waals surface area contributed by atoms with Gasteiger partial charge in [-0.2, -0.15) is 4.98 Å². The second-order valence-corrected chi connectivity index (χ2v) is 5.84. The lowest BCUT2D eigenvalue weighted by atomic mass is 10.2. The van der Waals surface area contributed by atoms with Crippen LogP contribution in [0.1, 0.15) is 5.82 Å². The SMILES string of the molecule is c1cc(Oc2ccc3[nH]ccc3c2)nc(CCN2CCOCC2)n1. The molecule has 3 aromatic rings. The summed E-state index contributed by atoms with van der Waals surface area (Å²) >= 11 is 0. The fraction of sp³-hybridized carbons (Fsp3) is 0.333. The summed E-state index contributed by atoms with van der Waals surface area (Å²) in [6.45, 7) is 4.53. The summed E-state index contributed by atoms with van der Waals surface area (Å²) in [5, 5.41) is 1.12. The lowest BCUT2D eigenvalue weighted by Crippen LogP contribution is -2.37. The number of hydrogen-bond acceptors (Lipinski definition) is 5. The quantitative estimate of drug-likeness (QED) is 0.781. The average Bonchev–Trinajstić information content (AvgIpc) is 3.09. The van der Waals surface area contributed by atoms with E-state index in [-0.39, 0.29) is 0 Å². The molecular weight excluding hydrogens is 304 g/mol. The highest BCUT2D eigenvalue weighted by atomic mass is 16.5. The molecule has 1 aliphatic rings. The largest absolute Gasteiger partial charge is 0.439 e. The van der Waals surface area contributed by atoms with Gasteiger partial charge in [-0.15, -0.1) is 0 Å². The Bertz CT molecular complexity index is 811. The number of nitrogens with zero attached hydrogens (tertiary/aromatic N) is 3. The molecule has 6 nitrogen and oxygen atoms in total. The van der Waals surface area contributed by atoms with Crippen LogP contribution in [-0.2, 0) is 11.2 Å². The van der Waals surface area contributed by atoms with E-state index >= 15 is 0 Å². The van der Waals surface area contributed by atoms with Crippen LogP contribution in [0.3, 0.4) is 0 Å². The maximum absolute atomic E-state index is 5.89. The van der Waals surface area contributed by atoms with Gasteiger partial charge in [0.25, 0.3) is 0 Å². The van der Waals surface area contributed by atoms with Crippen LogP contribution in [0.5, 0.6) is 11.6 Å². The molecule has 6 heteroatoms. The van der Waals surface area contributed by atoms with Gasteiger partial charge in [0, 0.05) is 55.4 Å².